The molecule has 2 aromatic heterocycles. The number of methoxy groups -OCH3 is 1. The van der Waals surface area contributed by atoms with Crippen LogP contribution in [0.4, 0.5) is 16.2 Å². The van der Waals surface area contributed by atoms with E-state index in [1.165, 1.54) is 24.2 Å². The van der Waals surface area contributed by atoms with Gasteiger partial charge in [0, 0.05) is 34.3 Å². The topological polar surface area (TPSA) is 166 Å². The van der Waals surface area contributed by atoms with Crippen molar-refractivity contribution in [1.82, 2.24) is 35.5 Å². The lowest BCUT2D eigenvalue weighted by atomic mass is 10.0. The first-order chi connectivity index (χ1) is 20.8. The molecule has 3 N–H and O–H groups in total. The largest absolute Gasteiger partial charge is 0.453 e. The van der Waals surface area contributed by atoms with Crippen LogP contribution in [0.2, 0.25) is 5.02 Å². The van der Waals surface area contributed by atoms with E-state index in [0.717, 1.165) is 0 Å². The molecule has 0 aliphatic carbocycles. The molecule has 220 valence electrons. The normalized spacial score (nSPS) is 15.0. The zero-order chi connectivity index (χ0) is 30.3. The number of amides is 3. The Morgan fingerprint density at radius 2 is 2.00 bits per heavy atom. The highest BCUT2D eigenvalue weighted by atomic mass is 35.5. The van der Waals surface area contributed by atoms with E-state index in [4.69, 9.17) is 11.6 Å². The van der Waals surface area contributed by atoms with Crippen LogP contribution in [-0.4, -0.2) is 55.2 Å². The van der Waals surface area contributed by atoms with Gasteiger partial charge in [-0.15, -0.1) is 5.10 Å². The Bertz CT molecular complexity index is 1690. The number of nitrogens with one attached hydrogen (secondary N) is 3. The van der Waals surface area contributed by atoms with Crippen LogP contribution < -0.4 is 16.0 Å². The average Bonchev–Trinajstić information content (AvgIpc) is 3.52. The maximum absolute atomic E-state index is 13.2. The molecule has 1 aliphatic heterocycles. The van der Waals surface area contributed by atoms with Gasteiger partial charge in [-0.2, -0.15) is 4.68 Å². The molecule has 4 aromatic rings. The SMILES string of the molecule is COC(=O)Nc1ccc2c(c1)NC(=O)CCCC[C@H](NC(=O)/C=C/c1cc(Cl)ccc1-n1cnnn1)c1cc-2nc(C)n1. The molecule has 43 heavy (non-hydrogen) atoms. The molecule has 13 nitrogen and oxygen atoms in total. The average molecular weight is 602 g/mol. The predicted molar refractivity (Wildman–Crippen MR) is 159 cm³/mol. The fourth-order valence-electron chi connectivity index (χ4n) is 4.69. The van der Waals surface area contributed by atoms with Crippen molar-refractivity contribution in [2.45, 2.75) is 38.6 Å². The minimum Gasteiger partial charge on any atom is -0.453 e. The second kappa shape index (κ2) is 13.2. The van der Waals surface area contributed by atoms with Gasteiger partial charge in [0.1, 0.15) is 12.2 Å². The number of tetrazole rings is 1. The number of rotatable bonds is 5. The molecule has 0 fully saturated rings. The van der Waals surface area contributed by atoms with Crippen LogP contribution in [0.1, 0.15) is 48.8 Å². The minimum atomic E-state index is -0.630. The number of hydrogen-bond acceptors (Lipinski definition) is 9. The molecule has 3 heterocycles. The van der Waals surface area contributed by atoms with Crippen molar-refractivity contribution >= 4 is 47.0 Å². The maximum atomic E-state index is 13.2. The van der Waals surface area contributed by atoms with E-state index in [1.807, 2.05) is 0 Å². The number of aryl methyl sites for hydroxylation is 1. The molecule has 2 aromatic carbocycles. The fraction of sp³-hybridized carbons (Fsp3) is 0.241. The number of aromatic nitrogens is 6. The molecule has 0 spiro atoms. The molecular weight excluding hydrogens is 574 g/mol. The molecule has 2 bridgehead atoms. The van der Waals surface area contributed by atoms with Gasteiger partial charge in [0.2, 0.25) is 11.8 Å². The summed E-state index contributed by atoms with van der Waals surface area (Å²) in [7, 11) is 1.27. The number of hydrogen-bond donors (Lipinski definition) is 3. The summed E-state index contributed by atoms with van der Waals surface area (Å²) < 4.78 is 6.16. The first-order valence-electron chi connectivity index (χ1n) is 13.5. The van der Waals surface area contributed by atoms with Crippen molar-refractivity contribution in [1.29, 1.82) is 0 Å². The van der Waals surface area contributed by atoms with Gasteiger partial charge in [0.05, 0.1) is 35.9 Å². The quantitative estimate of drug-likeness (QED) is 0.276. The van der Waals surface area contributed by atoms with E-state index >= 15 is 0 Å². The van der Waals surface area contributed by atoms with Gasteiger partial charge in [-0.1, -0.05) is 18.0 Å². The first-order valence-corrected chi connectivity index (χ1v) is 13.8. The third-order valence-corrected chi connectivity index (χ3v) is 6.91. The Morgan fingerprint density at radius 1 is 1.14 bits per heavy atom. The van der Waals surface area contributed by atoms with Crippen molar-refractivity contribution in [3.8, 4) is 16.9 Å². The minimum absolute atomic E-state index is 0.175. The van der Waals surface area contributed by atoms with Crippen molar-refractivity contribution < 1.29 is 19.1 Å². The van der Waals surface area contributed by atoms with Crippen molar-refractivity contribution in [3.63, 3.8) is 0 Å². The molecule has 0 saturated heterocycles. The summed E-state index contributed by atoms with van der Waals surface area (Å²) in [6.45, 7) is 1.77. The van der Waals surface area contributed by atoms with Gasteiger partial charge in [-0.25, -0.2) is 14.8 Å². The maximum Gasteiger partial charge on any atom is 0.411 e. The lowest BCUT2D eigenvalue weighted by Gasteiger charge is -2.21. The molecule has 5 rings (SSSR count). The number of nitrogens with zero attached hydrogens (tertiary/aromatic N) is 6. The van der Waals surface area contributed by atoms with Gasteiger partial charge in [0.15, 0.2) is 0 Å². The summed E-state index contributed by atoms with van der Waals surface area (Å²) in [6.07, 6.45) is 5.98. The van der Waals surface area contributed by atoms with Crippen molar-refractivity contribution in [2.75, 3.05) is 17.7 Å². The van der Waals surface area contributed by atoms with Crippen LogP contribution >= 0.6 is 11.6 Å². The van der Waals surface area contributed by atoms with E-state index in [-0.39, 0.29) is 18.2 Å². The number of carbonyl (C=O) groups is 3. The van der Waals surface area contributed by atoms with Crippen LogP contribution in [0.5, 0.6) is 0 Å². The van der Waals surface area contributed by atoms with Gasteiger partial charge in [-0.3, -0.25) is 14.9 Å². The second-order valence-electron chi connectivity index (χ2n) is 9.75. The Kier molecular flexibility index (Phi) is 9.01. The van der Waals surface area contributed by atoms with Gasteiger partial charge < -0.3 is 15.4 Å². The number of halogens is 1. The van der Waals surface area contributed by atoms with Crippen LogP contribution in [0.3, 0.4) is 0 Å². The summed E-state index contributed by atoms with van der Waals surface area (Å²) >= 11 is 6.21. The second-order valence-corrected chi connectivity index (χ2v) is 10.2. The molecule has 1 atom stereocenters. The van der Waals surface area contributed by atoms with Crippen LogP contribution in [-0.2, 0) is 14.3 Å². The number of carbonyl (C=O) groups excluding carboxylic acids is 3. The highest BCUT2D eigenvalue weighted by molar-refractivity contribution is 6.30. The Labute approximate surface area is 251 Å². The van der Waals surface area contributed by atoms with Crippen molar-refractivity contribution in [3.05, 3.63) is 77.0 Å². The highest BCUT2D eigenvalue weighted by Gasteiger charge is 2.21. The summed E-state index contributed by atoms with van der Waals surface area (Å²) in [4.78, 5) is 47.0. The third-order valence-electron chi connectivity index (χ3n) is 6.68. The zero-order valence-corrected chi connectivity index (χ0v) is 24.1. The summed E-state index contributed by atoms with van der Waals surface area (Å²) in [6, 6.07) is 11.6. The summed E-state index contributed by atoms with van der Waals surface area (Å²) in [5.41, 5.74) is 4.06. The van der Waals surface area contributed by atoms with Gasteiger partial charge >= 0.3 is 6.09 Å². The lowest BCUT2D eigenvalue weighted by Crippen LogP contribution is -2.28. The van der Waals surface area contributed by atoms with Crippen molar-refractivity contribution in [2.24, 2.45) is 0 Å². The van der Waals surface area contributed by atoms with Crippen LogP contribution in [0, 0.1) is 6.92 Å². The van der Waals surface area contributed by atoms with Gasteiger partial charge in [0.25, 0.3) is 0 Å². The number of ether oxygens (including phenoxy) is 1. The van der Waals surface area contributed by atoms with E-state index in [9.17, 15) is 14.4 Å². The summed E-state index contributed by atoms with van der Waals surface area (Å²) in [5, 5.41) is 20.4. The van der Waals surface area contributed by atoms with Gasteiger partial charge in [-0.05, 0) is 78.7 Å². The highest BCUT2D eigenvalue weighted by Crippen LogP contribution is 2.32. The van der Waals surface area contributed by atoms with Crippen LogP contribution in [0.25, 0.3) is 23.0 Å². The first kappa shape index (κ1) is 29.3. The number of fused-ring (bicyclic) bond motifs is 4. The molecule has 0 radical (unpaired) electrons. The van der Waals surface area contributed by atoms with E-state index in [2.05, 4.69) is 46.2 Å². The summed E-state index contributed by atoms with van der Waals surface area (Å²) in [5.74, 6) is -0.0147. The van der Waals surface area contributed by atoms with E-state index < -0.39 is 12.1 Å². The molecular formula is C29H28ClN9O4. The predicted octanol–water partition coefficient (Wildman–Crippen LogP) is 4.64. The van der Waals surface area contributed by atoms with Crippen LogP contribution in [0.15, 0.2) is 54.9 Å². The monoisotopic (exact) mass is 601 g/mol. The fourth-order valence-corrected chi connectivity index (χ4v) is 4.87. The number of benzene rings is 2. The lowest BCUT2D eigenvalue weighted by molar-refractivity contribution is -0.118. The zero-order valence-electron chi connectivity index (χ0n) is 23.4. The van der Waals surface area contributed by atoms with E-state index in [1.54, 1.807) is 55.5 Å². The van der Waals surface area contributed by atoms with E-state index in [0.29, 0.717) is 69.7 Å². The standard InChI is InChI=1S/C29H28ClN9O4/c1-17-32-24-15-25(33-17)22(35-28(41)12-7-18-13-19(30)8-11-26(18)39-16-31-37-38-39)5-3-4-6-27(40)36-23-14-20(9-10-21(23)24)34-29(42)43-2/h7-16,22H,3-6H2,1-2H3,(H,34,42)(H,35,41)(H,36,40)/b12-7+/t22-/m0/s1. The Balaban J connectivity index is 1.45. The Hall–Kier alpha value is -5.17. The third kappa shape index (κ3) is 7.38. The molecule has 1 aliphatic rings. The smallest absolute Gasteiger partial charge is 0.411 e. The molecule has 0 unspecified atom stereocenters. The molecule has 0 saturated carbocycles. The molecule has 14 heteroatoms. The Morgan fingerprint density at radius 3 is 2.79 bits per heavy atom. The molecule has 3 amide bonds. The number of anilines is 2.